The van der Waals surface area contributed by atoms with Crippen LogP contribution in [0.2, 0.25) is 0 Å². The third kappa shape index (κ3) is 2.52. The first-order chi connectivity index (χ1) is 9.78. The van der Waals surface area contributed by atoms with Crippen molar-refractivity contribution < 1.29 is 9.53 Å². The van der Waals surface area contributed by atoms with Crippen LogP contribution in [-0.4, -0.2) is 11.3 Å². The van der Waals surface area contributed by atoms with Crippen LogP contribution >= 0.6 is 27.3 Å². The summed E-state index contributed by atoms with van der Waals surface area (Å²) in [5.74, 6) is 0.453. The number of hydrogen-bond donors (Lipinski definition) is 1. The number of aldehydes is 1. The van der Waals surface area contributed by atoms with Gasteiger partial charge in [-0.15, -0.1) is 11.3 Å². The summed E-state index contributed by atoms with van der Waals surface area (Å²) in [6.45, 7) is 0. The lowest BCUT2D eigenvalue weighted by atomic mass is 10.2. The molecule has 0 bridgehead atoms. The second-order valence-corrected chi connectivity index (χ2v) is 5.75. The minimum absolute atomic E-state index is 0.377. The van der Waals surface area contributed by atoms with E-state index in [1.807, 2.05) is 29.6 Å². The third-order valence-corrected chi connectivity index (χ3v) is 4.01. The molecular formula is C14H9BrN2O2S. The predicted octanol–water partition coefficient (Wildman–Crippen LogP) is 3.53. The Labute approximate surface area is 127 Å². The van der Waals surface area contributed by atoms with Crippen LogP contribution in [0.1, 0.15) is 5.01 Å². The maximum Gasteiger partial charge on any atom is 0.189 e. The molecule has 2 aromatic rings. The third-order valence-electron chi connectivity index (χ3n) is 2.67. The summed E-state index contributed by atoms with van der Waals surface area (Å²) in [5.41, 5.74) is 2.24. The quantitative estimate of drug-likeness (QED) is 0.862. The zero-order valence-corrected chi connectivity index (χ0v) is 12.6. The lowest BCUT2D eigenvalue weighted by Crippen LogP contribution is -2.13. The summed E-state index contributed by atoms with van der Waals surface area (Å²) in [7, 11) is 0. The molecule has 1 N–H and O–H groups in total. The highest BCUT2D eigenvalue weighted by atomic mass is 79.9. The first-order valence-corrected chi connectivity index (χ1v) is 7.44. The Bertz CT molecular complexity index is 721. The molecule has 0 saturated heterocycles. The van der Waals surface area contributed by atoms with E-state index in [2.05, 4.69) is 26.2 Å². The van der Waals surface area contributed by atoms with Gasteiger partial charge in [0.25, 0.3) is 0 Å². The van der Waals surface area contributed by atoms with Crippen LogP contribution in [-0.2, 0) is 9.53 Å². The molecule has 1 aromatic carbocycles. The Hall–Kier alpha value is -1.92. The van der Waals surface area contributed by atoms with E-state index < -0.39 is 0 Å². The Balaban J connectivity index is 1.98. The monoisotopic (exact) mass is 348 g/mol. The fraction of sp³-hybridized carbons (Fsp3) is 0. The summed E-state index contributed by atoms with van der Waals surface area (Å²) in [5, 5.41) is 5.45. The average Bonchev–Trinajstić information content (AvgIpc) is 2.97. The Kier molecular flexibility index (Phi) is 3.66. The molecule has 0 saturated carbocycles. The van der Waals surface area contributed by atoms with Crippen LogP contribution in [0.3, 0.4) is 0 Å². The highest BCUT2D eigenvalue weighted by molar-refractivity contribution is 9.10. The number of nitrogens with one attached hydrogen (secondary N) is 1. The smallest absolute Gasteiger partial charge is 0.189 e. The Morgan fingerprint density at radius 3 is 3.10 bits per heavy atom. The van der Waals surface area contributed by atoms with Gasteiger partial charge in [0.2, 0.25) is 0 Å². The summed E-state index contributed by atoms with van der Waals surface area (Å²) >= 11 is 4.87. The van der Waals surface area contributed by atoms with Crippen LogP contribution < -0.4 is 5.32 Å². The van der Waals surface area contributed by atoms with E-state index >= 15 is 0 Å². The molecule has 20 heavy (non-hydrogen) atoms. The number of rotatable bonds is 3. The van der Waals surface area contributed by atoms with Crippen LogP contribution in [0.5, 0.6) is 0 Å². The molecule has 0 spiro atoms. The molecule has 0 aliphatic carbocycles. The lowest BCUT2D eigenvalue weighted by Gasteiger charge is -2.11. The molecule has 0 atom stereocenters. The van der Waals surface area contributed by atoms with Crippen molar-refractivity contribution in [3.05, 3.63) is 57.3 Å². The number of carbonyl (C=O) groups excluding carboxylic acids is 1. The topological polar surface area (TPSA) is 51.2 Å². The summed E-state index contributed by atoms with van der Waals surface area (Å²) in [6.07, 6.45) is 3.78. The van der Waals surface area contributed by atoms with Crippen molar-refractivity contribution in [2.45, 2.75) is 0 Å². The summed E-state index contributed by atoms with van der Waals surface area (Å²) in [4.78, 5) is 15.5. The molecule has 0 radical (unpaired) electrons. The van der Waals surface area contributed by atoms with Gasteiger partial charge in [0.15, 0.2) is 17.1 Å². The maximum absolute atomic E-state index is 11.0. The van der Waals surface area contributed by atoms with Gasteiger partial charge in [0.1, 0.15) is 12.0 Å². The molecule has 0 amide bonds. The van der Waals surface area contributed by atoms with Crippen molar-refractivity contribution in [2.24, 2.45) is 0 Å². The Morgan fingerprint density at radius 2 is 2.30 bits per heavy atom. The summed E-state index contributed by atoms with van der Waals surface area (Å²) in [6, 6.07) is 7.89. The molecule has 1 aliphatic rings. The number of halogens is 1. The number of carbonyl (C=O) groups is 1. The van der Waals surface area contributed by atoms with Gasteiger partial charge in [0, 0.05) is 21.6 Å². The minimum Gasteiger partial charge on any atom is -0.458 e. The highest BCUT2D eigenvalue weighted by Crippen LogP contribution is 2.29. The molecule has 1 aromatic heterocycles. The van der Waals surface area contributed by atoms with Crippen LogP contribution in [0.15, 0.2) is 52.3 Å². The molecule has 1 aliphatic heterocycles. The molecule has 6 heteroatoms. The zero-order valence-electron chi connectivity index (χ0n) is 10.2. The van der Waals surface area contributed by atoms with E-state index in [4.69, 9.17) is 4.74 Å². The number of allylic oxidation sites excluding steroid dienone is 1. The van der Waals surface area contributed by atoms with E-state index in [1.54, 1.807) is 6.20 Å². The van der Waals surface area contributed by atoms with Gasteiger partial charge in [0.05, 0.1) is 5.69 Å². The number of benzene rings is 1. The molecule has 0 fully saturated rings. The molecule has 0 unspecified atom stereocenters. The van der Waals surface area contributed by atoms with Gasteiger partial charge in [-0.2, -0.15) is 0 Å². The molecule has 100 valence electrons. The average molecular weight is 349 g/mol. The number of thiazole rings is 1. The zero-order chi connectivity index (χ0) is 13.9. The standard InChI is InChI=1S/C14H9BrN2O2S/c15-10-3-1-2-9(6-10)12-8-20-14(17-12)13-11(7-18)16-4-5-19-13/h1-8,16H. The van der Waals surface area contributed by atoms with Gasteiger partial charge >= 0.3 is 0 Å². The SMILES string of the molecule is O=CC1=C(c2nc(-c3cccc(Br)c3)cs2)OC=CN1. The van der Waals surface area contributed by atoms with E-state index in [0.717, 1.165) is 22.0 Å². The van der Waals surface area contributed by atoms with Crippen molar-refractivity contribution in [3.8, 4) is 11.3 Å². The molecule has 2 heterocycles. The van der Waals surface area contributed by atoms with Crippen LogP contribution in [0.4, 0.5) is 0 Å². The van der Waals surface area contributed by atoms with Crippen LogP contribution in [0.25, 0.3) is 17.0 Å². The highest BCUT2D eigenvalue weighted by Gasteiger charge is 2.16. The van der Waals surface area contributed by atoms with E-state index in [0.29, 0.717) is 16.5 Å². The van der Waals surface area contributed by atoms with Crippen molar-refractivity contribution in [2.75, 3.05) is 0 Å². The maximum atomic E-state index is 11.0. The second-order valence-electron chi connectivity index (χ2n) is 3.97. The van der Waals surface area contributed by atoms with Gasteiger partial charge in [-0.25, -0.2) is 4.98 Å². The van der Waals surface area contributed by atoms with Gasteiger partial charge in [-0.1, -0.05) is 28.1 Å². The van der Waals surface area contributed by atoms with Gasteiger partial charge in [-0.05, 0) is 12.1 Å². The van der Waals surface area contributed by atoms with Crippen molar-refractivity contribution in [3.63, 3.8) is 0 Å². The predicted molar refractivity (Wildman–Crippen MR) is 81.6 cm³/mol. The fourth-order valence-corrected chi connectivity index (χ4v) is 2.99. The summed E-state index contributed by atoms with van der Waals surface area (Å²) < 4.78 is 6.38. The number of nitrogens with zero attached hydrogens (tertiary/aromatic N) is 1. The van der Waals surface area contributed by atoms with Crippen molar-refractivity contribution in [1.29, 1.82) is 0 Å². The van der Waals surface area contributed by atoms with Gasteiger partial charge in [-0.3, -0.25) is 4.79 Å². The Morgan fingerprint density at radius 1 is 1.40 bits per heavy atom. The van der Waals surface area contributed by atoms with E-state index in [1.165, 1.54) is 17.6 Å². The largest absolute Gasteiger partial charge is 0.458 e. The van der Waals surface area contributed by atoms with Gasteiger partial charge < -0.3 is 10.1 Å². The van der Waals surface area contributed by atoms with Crippen molar-refractivity contribution >= 4 is 39.3 Å². The first-order valence-electron chi connectivity index (χ1n) is 5.77. The fourth-order valence-electron chi connectivity index (χ4n) is 1.77. The normalized spacial score (nSPS) is 13.8. The lowest BCUT2D eigenvalue weighted by molar-refractivity contribution is -0.105. The van der Waals surface area contributed by atoms with E-state index in [9.17, 15) is 4.79 Å². The van der Waals surface area contributed by atoms with Crippen LogP contribution in [0, 0.1) is 0 Å². The first kappa shape index (κ1) is 13.1. The molecular weight excluding hydrogens is 340 g/mol. The second kappa shape index (κ2) is 5.60. The number of aromatic nitrogens is 1. The van der Waals surface area contributed by atoms with Crippen molar-refractivity contribution in [1.82, 2.24) is 10.3 Å². The van der Waals surface area contributed by atoms with E-state index in [-0.39, 0.29) is 0 Å². The molecule has 3 rings (SSSR count). The minimum atomic E-state index is 0.377. The number of ether oxygens (including phenoxy) is 1. The number of hydrogen-bond acceptors (Lipinski definition) is 5. The molecule has 4 nitrogen and oxygen atoms in total.